The molecule has 6 nitrogen and oxygen atoms in total. The molecule has 0 spiro atoms. The number of benzene rings is 2. The summed E-state index contributed by atoms with van der Waals surface area (Å²) in [5, 5.41) is 8.36. The van der Waals surface area contributed by atoms with E-state index >= 15 is 0 Å². The molecule has 0 bridgehead atoms. The van der Waals surface area contributed by atoms with Crippen LogP contribution in [0.4, 0.5) is 27.5 Å². The van der Waals surface area contributed by atoms with E-state index in [0.29, 0.717) is 5.95 Å². The van der Waals surface area contributed by atoms with E-state index in [2.05, 4.69) is 20.0 Å². The van der Waals surface area contributed by atoms with Gasteiger partial charge in [-0.3, -0.25) is 0 Å². The lowest BCUT2D eigenvalue weighted by Crippen LogP contribution is -2.47. The Kier molecular flexibility index (Phi) is 4.82. The van der Waals surface area contributed by atoms with Crippen molar-refractivity contribution in [3.05, 3.63) is 66.6 Å². The summed E-state index contributed by atoms with van der Waals surface area (Å²) in [6, 6.07) is 16.7. The van der Waals surface area contributed by atoms with Gasteiger partial charge in [0.2, 0.25) is 5.95 Å². The third-order valence-corrected chi connectivity index (χ3v) is 4.78. The van der Waals surface area contributed by atoms with Gasteiger partial charge in [0.25, 0.3) is 0 Å². The summed E-state index contributed by atoms with van der Waals surface area (Å²) in [7, 11) is 1.97. The normalized spacial score (nSPS) is 14.3. The summed E-state index contributed by atoms with van der Waals surface area (Å²) in [5.74, 6) is 1.18. The van der Waals surface area contributed by atoms with Crippen LogP contribution in [0.2, 0.25) is 0 Å². The Bertz CT molecular complexity index is 878. The molecule has 0 N–H and O–H groups in total. The van der Waals surface area contributed by atoms with E-state index in [4.69, 9.17) is 4.98 Å². The SMILES string of the molecule is CN(c1ccccc1)c1cnnc(N2CCN(c3ccc(F)cc3)CC2)n1. The highest BCUT2D eigenvalue weighted by Crippen LogP contribution is 2.23. The van der Waals surface area contributed by atoms with Crippen LogP contribution in [-0.2, 0) is 0 Å². The monoisotopic (exact) mass is 364 g/mol. The summed E-state index contributed by atoms with van der Waals surface area (Å²) in [5.41, 5.74) is 2.08. The molecule has 2 aromatic carbocycles. The van der Waals surface area contributed by atoms with E-state index in [1.54, 1.807) is 6.20 Å². The Hall–Kier alpha value is -3.22. The maximum Gasteiger partial charge on any atom is 0.247 e. The van der Waals surface area contributed by atoms with Crippen molar-refractivity contribution in [2.24, 2.45) is 0 Å². The lowest BCUT2D eigenvalue weighted by Gasteiger charge is -2.36. The topological polar surface area (TPSA) is 48.4 Å². The number of piperazine rings is 1. The molecule has 4 rings (SSSR count). The van der Waals surface area contributed by atoms with Crippen molar-refractivity contribution in [2.45, 2.75) is 0 Å². The third-order valence-electron chi connectivity index (χ3n) is 4.78. The van der Waals surface area contributed by atoms with E-state index in [1.165, 1.54) is 12.1 Å². The molecular formula is C20H21FN6. The molecule has 2 heterocycles. The van der Waals surface area contributed by atoms with Gasteiger partial charge in [0.1, 0.15) is 5.82 Å². The molecule has 3 aromatic rings. The second kappa shape index (κ2) is 7.57. The first-order chi connectivity index (χ1) is 13.2. The first-order valence-corrected chi connectivity index (χ1v) is 8.95. The smallest absolute Gasteiger partial charge is 0.247 e. The Balaban J connectivity index is 1.45. The molecule has 27 heavy (non-hydrogen) atoms. The molecule has 0 amide bonds. The minimum Gasteiger partial charge on any atom is -0.368 e. The van der Waals surface area contributed by atoms with Gasteiger partial charge in [0.15, 0.2) is 5.82 Å². The van der Waals surface area contributed by atoms with Gasteiger partial charge in [0, 0.05) is 44.6 Å². The highest BCUT2D eigenvalue weighted by atomic mass is 19.1. The van der Waals surface area contributed by atoms with Crippen LogP contribution in [0.15, 0.2) is 60.8 Å². The van der Waals surface area contributed by atoms with Gasteiger partial charge >= 0.3 is 0 Å². The van der Waals surface area contributed by atoms with Crippen LogP contribution in [0.25, 0.3) is 0 Å². The summed E-state index contributed by atoms with van der Waals surface area (Å²) in [4.78, 5) is 11.1. The zero-order valence-corrected chi connectivity index (χ0v) is 15.2. The van der Waals surface area contributed by atoms with Gasteiger partial charge in [-0.25, -0.2) is 4.39 Å². The third kappa shape index (κ3) is 3.81. The molecule has 1 aliphatic rings. The molecule has 1 aliphatic heterocycles. The van der Waals surface area contributed by atoms with Gasteiger partial charge in [-0.05, 0) is 36.4 Å². The zero-order valence-electron chi connectivity index (χ0n) is 15.2. The highest BCUT2D eigenvalue weighted by Gasteiger charge is 2.20. The van der Waals surface area contributed by atoms with E-state index in [-0.39, 0.29) is 5.82 Å². The van der Waals surface area contributed by atoms with Gasteiger partial charge < -0.3 is 14.7 Å². The van der Waals surface area contributed by atoms with Crippen molar-refractivity contribution in [3.8, 4) is 0 Å². The summed E-state index contributed by atoms with van der Waals surface area (Å²) >= 11 is 0. The van der Waals surface area contributed by atoms with Crippen LogP contribution < -0.4 is 14.7 Å². The molecule has 0 aliphatic carbocycles. The van der Waals surface area contributed by atoms with Crippen molar-refractivity contribution in [3.63, 3.8) is 0 Å². The first-order valence-electron chi connectivity index (χ1n) is 8.95. The predicted molar refractivity (Wildman–Crippen MR) is 105 cm³/mol. The second-order valence-corrected chi connectivity index (χ2v) is 6.46. The zero-order chi connectivity index (χ0) is 18.6. The number of hydrogen-bond acceptors (Lipinski definition) is 6. The maximum atomic E-state index is 13.1. The van der Waals surface area contributed by atoms with E-state index in [1.807, 2.05) is 54.4 Å². The minimum absolute atomic E-state index is 0.212. The van der Waals surface area contributed by atoms with E-state index in [0.717, 1.165) is 43.4 Å². The summed E-state index contributed by atoms with van der Waals surface area (Å²) < 4.78 is 13.1. The number of rotatable bonds is 4. The fourth-order valence-corrected chi connectivity index (χ4v) is 3.18. The molecule has 0 atom stereocenters. The fourth-order valence-electron chi connectivity index (χ4n) is 3.18. The van der Waals surface area contributed by atoms with Gasteiger partial charge in [-0.2, -0.15) is 10.1 Å². The second-order valence-electron chi connectivity index (χ2n) is 6.46. The van der Waals surface area contributed by atoms with Crippen LogP contribution in [0.1, 0.15) is 0 Å². The number of nitrogens with zero attached hydrogens (tertiary/aromatic N) is 6. The first kappa shape index (κ1) is 17.2. The molecule has 1 aromatic heterocycles. The predicted octanol–water partition coefficient (Wildman–Crippen LogP) is 3.11. The van der Waals surface area contributed by atoms with Crippen LogP contribution in [0, 0.1) is 5.82 Å². The van der Waals surface area contributed by atoms with Crippen LogP contribution in [0.5, 0.6) is 0 Å². The van der Waals surface area contributed by atoms with E-state index in [9.17, 15) is 4.39 Å². The number of halogens is 1. The average molecular weight is 364 g/mol. The average Bonchev–Trinajstić information content (AvgIpc) is 2.75. The van der Waals surface area contributed by atoms with Gasteiger partial charge in [-0.1, -0.05) is 18.2 Å². The fraction of sp³-hybridized carbons (Fsp3) is 0.250. The van der Waals surface area contributed by atoms with Crippen molar-refractivity contribution in [1.82, 2.24) is 15.2 Å². The van der Waals surface area contributed by atoms with Crippen molar-refractivity contribution in [2.75, 3.05) is 47.9 Å². The molecule has 0 radical (unpaired) electrons. The Morgan fingerprint density at radius 3 is 2.26 bits per heavy atom. The molecule has 138 valence electrons. The lowest BCUT2D eigenvalue weighted by atomic mass is 10.2. The largest absolute Gasteiger partial charge is 0.368 e. The summed E-state index contributed by atoms with van der Waals surface area (Å²) in [6.07, 6.45) is 1.67. The Labute approximate surface area is 157 Å². The molecule has 7 heteroatoms. The Morgan fingerprint density at radius 1 is 0.889 bits per heavy atom. The van der Waals surface area contributed by atoms with Crippen LogP contribution >= 0.6 is 0 Å². The molecular weight excluding hydrogens is 343 g/mol. The maximum absolute atomic E-state index is 13.1. The molecule has 0 unspecified atom stereocenters. The van der Waals surface area contributed by atoms with Crippen molar-refractivity contribution in [1.29, 1.82) is 0 Å². The Morgan fingerprint density at radius 2 is 1.56 bits per heavy atom. The highest BCUT2D eigenvalue weighted by molar-refractivity contribution is 5.59. The molecule has 0 saturated carbocycles. The van der Waals surface area contributed by atoms with E-state index < -0.39 is 0 Å². The molecule has 1 saturated heterocycles. The summed E-state index contributed by atoms with van der Waals surface area (Å²) in [6.45, 7) is 3.23. The lowest BCUT2D eigenvalue weighted by molar-refractivity contribution is 0.622. The molecule has 1 fully saturated rings. The van der Waals surface area contributed by atoms with Crippen LogP contribution in [-0.4, -0.2) is 48.4 Å². The number of aromatic nitrogens is 3. The quantitative estimate of drug-likeness (QED) is 0.709. The van der Waals surface area contributed by atoms with Crippen molar-refractivity contribution < 1.29 is 4.39 Å². The number of anilines is 4. The standard InChI is InChI=1S/C20H21FN6/c1-25(17-5-3-2-4-6-17)19-15-22-24-20(23-19)27-13-11-26(12-14-27)18-9-7-16(21)8-10-18/h2-10,15H,11-14H2,1H3. The number of para-hydroxylation sites is 1. The van der Waals surface area contributed by atoms with Gasteiger partial charge in [0.05, 0.1) is 6.20 Å². The minimum atomic E-state index is -0.212. The van der Waals surface area contributed by atoms with Gasteiger partial charge in [-0.15, -0.1) is 5.10 Å². The van der Waals surface area contributed by atoms with Crippen LogP contribution in [0.3, 0.4) is 0 Å². The number of hydrogen-bond donors (Lipinski definition) is 0. The van der Waals surface area contributed by atoms with Crippen molar-refractivity contribution >= 4 is 23.1 Å².